The minimum Gasteiger partial charge on any atom is -0.376 e. The number of fused-ring (bicyclic) bond motifs is 1. The number of benzene rings is 1. The van der Waals surface area contributed by atoms with Crippen LogP contribution in [0.25, 0.3) is 10.9 Å². The van der Waals surface area contributed by atoms with Crippen molar-refractivity contribution < 1.29 is 4.79 Å². The van der Waals surface area contributed by atoms with Crippen molar-refractivity contribution in [3.8, 4) is 0 Å². The summed E-state index contributed by atoms with van der Waals surface area (Å²) in [5.74, 6) is 0.181. The Bertz CT molecular complexity index is 633. The van der Waals surface area contributed by atoms with Gasteiger partial charge in [-0.1, -0.05) is 11.6 Å². The lowest BCUT2D eigenvalue weighted by atomic mass is 10.1. The van der Waals surface area contributed by atoms with Crippen molar-refractivity contribution in [3.05, 3.63) is 36.0 Å². The van der Waals surface area contributed by atoms with Gasteiger partial charge in [-0.25, -0.2) is 0 Å². The van der Waals surface area contributed by atoms with Crippen LogP contribution in [0.3, 0.4) is 0 Å². The highest BCUT2D eigenvalue weighted by atomic mass is 16.2. The van der Waals surface area contributed by atoms with Gasteiger partial charge in [-0.3, -0.25) is 9.78 Å². The molecule has 0 spiro atoms. The van der Waals surface area contributed by atoms with Crippen LogP contribution in [-0.4, -0.2) is 35.4 Å². The van der Waals surface area contributed by atoms with Crippen molar-refractivity contribution in [1.29, 1.82) is 0 Å². The molecule has 4 nitrogen and oxygen atoms in total. The van der Waals surface area contributed by atoms with E-state index in [2.05, 4.69) is 29.4 Å². The number of anilines is 1. The number of likely N-dealkylation sites (tertiary alicyclic amines) is 1. The number of aryl methyl sites for hydroxylation is 1. The first kappa shape index (κ1) is 12.9. The predicted octanol–water partition coefficient (Wildman–Crippen LogP) is 2.58. The average Bonchev–Trinajstić information content (AvgIpc) is 2.99. The van der Waals surface area contributed by atoms with Gasteiger partial charge in [0.2, 0.25) is 5.91 Å². The molecule has 1 N–H and O–H groups in total. The summed E-state index contributed by atoms with van der Waals surface area (Å²) in [6, 6.07) is 8.09. The van der Waals surface area contributed by atoms with Crippen molar-refractivity contribution in [2.24, 2.45) is 0 Å². The first-order valence-corrected chi connectivity index (χ1v) is 7.11. The summed E-state index contributed by atoms with van der Waals surface area (Å²) >= 11 is 0. The molecule has 2 aromatic rings. The highest BCUT2D eigenvalue weighted by molar-refractivity contribution is 5.93. The van der Waals surface area contributed by atoms with Gasteiger partial charge in [-0.15, -0.1) is 0 Å². The molecule has 104 valence electrons. The van der Waals surface area contributed by atoms with E-state index in [1.54, 1.807) is 6.20 Å². The van der Waals surface area contributed by atoms with E-state index in [0.29, 0.717) is 6.54 Å². The summed E-state index contributed by atoms with van der Waals surface area (Å²) in [6.45, 7) is 4.21. The van der Waals surface area contributed by atoms with E-state index < -0.39 is 0 Å². The highest BCUT2D eigenvalue weighted by Gasteiger charge is 2.17. The van der Waals surface area contributed by atoms with Crippen LogP contribution < -0.4 is 5.32 Å². The Labute approximate surface area is 118 Å². The maximum Gasteiger partial charge on any atom is 0.241 e. The van der Waals surface area contributed by atoms with Crippen LogP contribution in [0.15, 0.2) is 30.5 Å². The number of hydrogen-bond acceptors (Lipinski definition) is 3. The summed E-state index contributed by atoms with van der Waals surface area (Å²) in [7, 11) is 0. The fourth-order valence-corrected chi connectivity index (χ4v) is 2.66. The molecule has 0 atom stereocenters. The fourth-order valence-electron chi connectivity index (χ4n) is 2.66. The van der Waals surface area contributed by atoms with Gasteiger partial charge < -0.3 is 10.2 Å². The molecule has 0 aliphatic carbocycles. The van der Waals surface area contributed by atoms with E-state index >= 15 is 0 Å². The van der Waals surface area contributed by atoms with Gasteiger partial charge in [0.05, 0.1) is 12.1 Å². The van der Waals surface area contributed by atoms with E-state index in [9.17, 15) is 4.79 Å². The molecule has 1 aliphatic heterocycles. The molecule has 1 fully saturated rings. The zero-order valence-corrected chi connectivity index (χ0v) is 11.7. The Morgan fingerprint density at radius 3 is 2.90 bits per heavy atom. The number of carbonyl (C=O) groups is 1. The van der Waals surface area contributed by atoms with Crippen LogP contribution in [0, 0.1) is 6.92 Å². The van der Waals surface area contributed by atoms with Gasteiger partial charge in [0.15, 0.2) is 0 Å². The van der Waals surface area contributed by atoms with Crippen LogP contribution >= 0.6 is 0 Å². The van der Waals surface area contributed by atoms with Crippen molar-refractivity contribution in [1.82, 2.24) is 9.88 Å². The third-order valence-electron chi connectivity index (χ3n) is 3.79. The molecule has 1 aromatic carbocycles. The van der Waals surface area contributed by atoms with Crippen molar-refractivity contribution >= 4 is 22.5 Å². The lowest BCUT2D eigenvalue weighted by molar-refractivity contribution is -0.128. The van der Waals surface area contributed by atoms with Gasteiger partial charge in [0, 0.05) is 30.4 Å². The van der Waals surface area contributed by atoms with E-state index in [1.165, 1.54) is 5.56 Å². The Balaban J connectivity index is 1.77. The summed E-state index contributed by atoms with van der Waals surface area (Å²) in [6.07, 6.45) is 4.03. The Hall–Kier alpha value is -2.10. The summed E-state index contributed by atoms with van der Waals surface area (Å²) < 4.78 is 0. The molecular formula is C16H19N3O. The number of amides is 1. The quantitative estimate of drug-likeness (QED) is 0.931. The highest BCUT2D eigenvalue weighted by Crippen LogP contribution is 2.22. The lowest BCUT2D eigenvalue weighted by Gasteiger charge is -2.16. The molecule has 0 saturated carbocycles. The second kappa shape index (κ2) is 5.49. The number of rotatable bonds is 3. The van der Waals surface area contributed by atoms with E-state index in [4.69, 9.17) is 0 Å². The van der Waals surface area contributed by atoms with E-state index in [1.807, 2.05) is 17.0 Å². The van der Waals surface area contributed by atoms with Gasteiger partial charge in [0.25, 0.3) is 0 Å². The largest absolute Gasteiger partial charge is 0.376 e. The molecule has 2 heterocycles. The molecule has 1 aliphatic rings. The number of aromatic nitrogens is 1. The van der Waals surface area contributed by atoms with Gasteiger partial charge in [-0.05, 0) is 38.0 Å². The molecule has 20 heavy (non-hydrogen) atoms. The minimum atomic E-state index is 0.181. The number of carbonyl (C=O) groups excluding carboxylic acids is 1. The molecule has 0 radical (unpaired) electrons. The predicted molar refractivity (Wildman–Crippen MR) is 80.8 cm³/mol. The Morgan fingerprint density at radius 2 is 2.10 bits per heavy atom. The van der Waals surface area contributed by atoms with Crippen LogP contribution in [-0.2, 0) is 4.79 Å². The zero-order chi connectivity index (χ0) is 13.9. The lowest BCUT2D eigenvalue weighted by Crippen LogP contribution is -2.33. The van der Waals surface area contributed by atoms with Crippen LogP contribution in [0.1, 0.15) is 18.4 Å². The molecule has 1 saturated heterocycles. The number of hydrogen-bond donors (Lipinski definition) is 1. The molecule has 4 heteroatoms. The molecule has 0 bridgehead atoms. The normalized spacial score (nSPS) is 14.8. The number of nitrogens with zero attached hydrogens (tertiary/aromatic N) is 2. The SMILES string of the molecule is Cc1ccc2nccc(NCC(=O)N3CCCC3)c2c1. The molecule has 0 unspecified atom stereocenters. The molecule has 1 amide bonds. The van der Waals surface area contributed by atoms with Crippen LogP contribution in [0.5, 0.6) is 0 Å². The third-order valence-corrected chi connectivity index (χ3v) is 3.79. The van der Waals surface area contributed by atoms with E-state index in [-0.39, 0.29) is 5.91 Å². The number of pyridine rings is 1. The summed E-state index contributed by atoms with van der Waals surface area (Å²) in [5.41, 5.74) is 3.12. The fraction of sp³-hybridized carbons (Fsp3) is 0.375. The smallest absolute Gasteiger partial charge is 0.241 e. The second-order valence-electron chi connectivity index (χ2n) is 5.32. The van der Waals surface area contributed by atoms with Gasteiger partial charge in [-0.2, -0.15) is 0 Å². The monoisotopic (exact) mass is 269 g/mol. The van der Waals surface area contributed by atoms with Crippen molar-refractivity contribution in [2.45, 2.75) is 19.8 Å². The first-order valence-electron chi connectivity index (χ1n) is 7.11. The van der Waals surface area contributed by atoms with E-state index in [0.717, 1.165) is 42.5 Å². The number of nitrogens with one attached hydrogen (secondary N) is 1. The van der Waals surface area contributed by atoms with Crippen molar-refractivity contribution in [2.75, 3.05) is 25.0 Å². The summed E-state index contributed by atoms with van der Waals surface area (Å²) in [4.78, 5) is 18.4. The molecule has 3 rings (SSSR count). The van der Waals surface area contributed by atoms with Gasteiger partial charge >= 0.3 is 0 Å². The minimum absolute atomic E-state index is 0.181. The molecular weight excluding hydrogens is 250 g/mol. The Morgan fingerprint density at radius 1 is 1.30 bits per heavy atom. The topological polar surface area (TPSA) is 45.2 Å². The zero-order valence-electron chi connectivity index (χ0n) is 11.7. The van der Waals surface area contributed by atoms with Crippen LogP contribution in [0.2, 0.25) is 0 Å². The average molecular weight is 269 g/mol. The maximum atomic E-state index is 12.1. The Kier molecular flexibility index (Phi) is 3.54. The standard InChI is InChI=1S/C16H19N3O/c1-12-4-5-14-13(10-12)15(6-7-17-14)18-11-16(20)19-8-2-3-9-19/h4-7,10H,2-3,8-9,11H2,1H3,(H,17,18). The molecule has 1 aromatic heterocycles. The van der Waals surface area contributed by atoms with Gasteiger partial charge in [0.1, 0.15) is 0 Å². The second-order valence-corrected chi connectivity index (χ2v) is 5.32. The first-order chi connectivity index (χ1) is 9.74. The van der Waals surface area contributed by atoms with Crippen LogP contribution in [0.4, 0.5) is 5.69 Å². The summed E-state index contributed by atoms with van der Waals surface area (Å²) in [5, 5.41) is 4.33. The third kappa shape index (κ3) is 2.59. The maximum absolute atomic E-state index is 12.1. The van der Waals surface area contributed by atoms with Crippen molar-refractivity contribution in [3.63, 3.8) is 0 Å².